The van der Waals surface area contributed by atoms with Crippen LogP contribution in [0.4, 0.5) is 0 Å². The van der Waals surface area contributed by atoms with Crippen LogP contribution in [-0.2, 0) is 22.8 Å². The Kier molecular flexibility index (Phi) is 3.50. The maximum Gasteiger partial charge on any atom is 0.151 e. The van der Waals surface area contributed by atoms with Crippen LogP contribution in [0.3, 0.4) is 0 Å². The van der Waals surface area contributed by atoms with Gasteiger partial charge in [0, 0.05) is 25.0 Å². The van der Waals surface area contributed by atoms with Crippen LogP contribution in [0, 0.1) is 0 Å². The van der Waals surface area contributed by atoms with Crippen molar-refractivity contribution in [2.75, 3.05) is 6.26 Å². The van der Waals surface area contributed by atoms with Gasteiger partial charge in [0.1, 0.15) is 0 Å². The van der Waals surface area contributed by atoms with Crippen molar-refractivity contribution in [1.82, 2.24) is 9.88 Å². The molecule has 3 heterocycles. The molecule has 4 nitrogen and oxygen atoms in total. The summed E-state index contributed by atoms with van der Waals surface area (Å²) in [7, 11) is -3.07. The fourth-order valence-electron chi connectivity index (χ4n) is 4.11. The summed E-state index contributed by atoms with van der Waals surface area (Å²) < 4.78 is 24.6. The Morgan fingerprint density at radius 3 is 2.70 bits per heavy atom. The molecule has 2 aliphatic heterocycles. The summed E-state index contributed by atoms with van der Waals surface area (Å²) in [6.45, 7) is 0.776. The highest BCUT2D eigenvalue weighted by molar-refractivity contribution is 7.91. The molecule has 2 bridgehead atoms. The van der Waals surface area contributed by atoms with Crippen LogP contribution >= 0.6 is 0 Å². The van der Waals surface area contributed by atoms with Gasteiger partial charge in [-0.05, 0) is 30.0 Å². The van der Waals surface area contributed by atoms with Crippen molar-refractivity contribution in [3.05, 3.63) is 65.5 Å². The molecule has 0 amide bonds. The first-order valence-corrected chi connectivity index (χ1v) is 9.92. The van der Waals surface area contributed by atoms with Gasteiger partial charge in [-0.2, -0.15) is 0 Å². The minimum atomic E-state index is -3.07. The first kappa shape index (κ1) is 14.8. The monoisotopic (exact) mass is 328 g/mol. The molecule has 23 heavy (non-hydrogen) atoms. The second-order valence-corrected chi connectivity index (χ2v) is 8.86. The molecule has 0 N–H and O–H groups in total. The Hall–Kier alpha value is -1.72. The molecule has 1 fully saturated rings. The molecule has 2 aliphatic rings. The molecular formula is C18H20N2O2S. The summed E-state index contributed by atoms with van der Waals surface area (Å²) in [5.41, 5.74) is 3.49. The molecule has 0 radical (unpaired) electrons. The fraction of sp³-hybridized carbons (Fsp3) is 0.389. The lowest BCUT2D eigenvalue weighted by atomic mass is 9.97. The summed E-state index contributed by atoms with van der Waals surface area (Å²) in [6, 6.07) is 14.4. The van der Waals surface area contributed by atoms with E-state index in [0.29, 0.717) is 6.42 Å². The number of hydrogen-bond donors (Lipinski definition) is 0. The van der Waals surface area contributed by atoms with Gasteiger partial charge in [0.2, 0.25) is 0 Å². The molecule has 3 unspecified atom stereocenters. The Balaban J connectivity index is 1.74. The second kappa shape index (κ2) is 5.42. The van der Waals surface area contributed by atoms with E-state index in [-0.39, 0.29) is 17.3 Å². The minimum Gasteiger partial charge on any atom is -0.286 e. The lowest BCUT2D eigenvalue weighted by Crippen LogP contribution is -2.43. The van der Waals surface area contributed by atoms with Gasteiger partial charge in [-0.25, -0.2) is 8.42 Å². The van der Waals surface area contributed by atoms with E-state index in [1.54, 1.807) is 0 Å². The van der Waals surface area contributed by atoms with Crippen LogP contribution in [0.15, 0.2) is 48.7 Å². The van der Waals surface area contributed by atoms with Gasteiger partial charge in [0.05, 0.1) is 17.0 Å². The quantitative estimate of drug-likeness (QED) is 0.868. The van der Waals surface area contributed by atoms with Crippen LogP contribution in [0.25, 0.3) is 0 Å². The predicted octanol–water partition coefficient (Wildman–Crippen LogP) is 2.37. The number of benzene rings is 1. The van der Waals surface area contributed by atoms with E-state index in [4.69, 9.17) is 0 Å². The smallest absolute Gasteiger partial charge is 0.151 e. The van der Waals surface area contributed by atoms with Gasteiger partial charge in [0.15, 0.2) is 9.84 Å². The lowest BCUT2D eigenvalue weighted by Gasteiger charge is -2.36. The van der Waals surface area contributed by atoms with Crippen LogP contribution < -0.4 is 0 Å². The van der Waals surface area contributed by atoms with E-state index in [2.05, 4.69) is 28.1 Å². The number of hydrogen-bond acceptors (Lipinski definition) is 4. The van der Waals surface area contributed by atoms with E-state index in [1.807, 2.05) is 30.5 Å². The number of fused-ring (bicyclic) bond motifs is 4. The molecule has 0 spiro atoms. The average Bonchev–Trinajstić information content (AvgIpc) is 2.78. The van der Waals surface area contributed by atoms with Gasteiger partial charge in [-0.1, -0.05) is 36.4 Å². The summed E-state index contributed by atoms with van der Waals surface area (Å²) in [4.78, 5) is 6.91. The number of sulfone groups is 1. The standard InChI is InChI=1S/C18H20N2O2S/c1-23(21,22)17-11-16-18-14(8-5-9-19-18)10-15(17)20(16)12-13-6-3-2-4-7-13/h2-9,15-17H,10-12H2,1H3. The summed E-state index contributed by atoms with van der Waals surface area (Å²) in [5.74, 6) is 0. The molecule has 1 aromatic heterocycles. The van der Waals surface area contributed by atoms with Crippen LogP contribution in [-0.4, -0.2) is 35.8 Å². The van der Waals surface area contributed by atoms with Crippen molar-refractivity contribution in [2.45, 2.75) is 36.7 Å². The Labute approximate surface area is 137 Å². The van der Waals surface area contributed by atoms with Gasteiger partial charge in [0.25, 0.3) is 0 Å². The lowest BCUT2D eigenvalue weighted by molar-refractivity contribution is 0.165. The summed E-state index contributed by atoms with van der Waals surface area (Å²) >= 11 is 0. The molecule has 1 aromatic carbocycles. The van der Waals surface area contributed by atoms with Crippen LogP contribution in [0.5, 0.6) is 0 Å². The zero-order chi connectivity index (χ0) is 16.0. The molecule has 0 saturated carbocycles. The topological polar surface area (TPSA) is 50.3 Å². The number of nitrogens with zero attached hydrogens (tertiary/aromatic N) is 2. The van der Waals surface area contributed by atoms with E-state index >= 15 is 0 Å². The third-order valence-corrected chi connectivity index (χ3v) is 6.75. The van der Waals surface area contributed by atoms with Crippen molar-refractivity contribution in [3.63, 3.8) is 0 Å². The zero-order valence-electron chi connectivity index (χ0n) is 13.1. The van der Waals surface area contributed by atoms with Crippen molar-refractivity contribution in [1.29, 1.82) is 0 Å². The van der Waals surface area contributed by atoms with Crippen LogP contribution in [0.1, 0.15) is 29.3 Å². The van der Waals surface area contributed by atoms with E-state index in [9.17, 15) is 8.42 Å². The maximum absolute atomic E-state index is 12.3. The Morgan fingerprint density at radius 2 is 1.96 bits per heavy atom. The van der Waals surface area contributed by atoms with Gasteiger partial charge in [-0.3, -0.25) is 9.88 Å². The van der Waals surface area contributed by atoms with E-state index in [0.717, 1.165) is 18.7 Å². The zero-order valence-corrected chi connectivity index (χ0v) is 13.9. The van der Waals surface area contributed by atoms with Gasteiger partial charge < -0.3 is 0 Å². The fourth-order valence-corrected chi connectivity index (χ4v) is 5.46. The highest BCUT2D eigenvalue weighted by Crippen LogP contribution is 2.45. The molecule has 1 saturated heterocycles. The van der Waals surface area contributed by atoms with Crippen LogP contribution in [0.2, 0.25) is 0 Å². The maximum atomic E-state index is 12.3. The normalized spacial score (nSPS) is 26.9. The van der Waals surface area contributed by atoms with Crippen molar-refractivity contribution in [3.8, 4) is 0 Å². The predicted molar refractivity (Wildman–Crippen MR) is 89.7 cm³/mol. The average molecular weight is 328 g/mol. The van der Waals surface area contributed by atoms with Gasteiger partial charge in [-0.15, -0.1) is 0 Å². The van der Waals surface area contributed by atoms with Crippen molar-refractivity contribution in [2.24, 2.45) is 0 Å². The summed E-state index contributed by atoms with van der Waals surface area (Å²) in [5, 5.41) is -0.301. The van der Waals surface area contributed by atoms with Crippen molar-refractivity contribution >= 4 is 9.84 Å². The third-order valence-electron chi connectivity index (χ3n) is 5.14. The SMILES string of the molecule is CS(=O)(=O)C1CC2c3ncccc3CC1N2Cc1ccccc1. The minimum absolute atomic E-state index is 0.0481. The number of aromatic nitrogens is 1. The molecule has 2 aromatic rings. The highest BCUT2D eigenvalue weighted by Gasteiger charge is 2.50. The van der Waals surface area contributed by atoms with E-state index in [1.165, 1.54) is 17.4 Å². The number of rotatable bonds is 3. The van der Waals surface area contributed by atoms with Gasteiger partial charge >= 0.3 is 0 Å². The summed E-state index contributed by atoms with van der Waals surface area (Å²) in [6.07, 6.45) is 4.61. The molecular weight excluding hydrogens is 308 g/mol. The second-order valence-electron chi connectivity index (χ2n) is 6.60. The molecule has 120 valence electrons. The Bertz CT molecular complexity index is 820. The first-order chi connectivity index (χ1) is 11.0. The number of pyridine rings is 1. The van der Waals surface area contributed by atoms with Crippen molar-refractivity contribution < 1.29 is 8.42 Å². The molecule has 4 rings (SSSR count). The largest absolute Gasteiger partial charge is 0.286 e. The molecule has 3 atom stereocenters. The Morgan fingerprint density at radius 1 is 1.17 bits per heavy atom. The van der Waals surface area contributed by atoms with E-state index < -0.39 is 9.84 Å². The highest BCUT2D eigenvalue weighted by atomic mass is 32.2. The molecule has 0 aliphatic carbocycles. The first-order valence-electron chi connectivity index (χ1n) is 7.96. The molecule has 5 heteroatoms. The third kappa shape index (κ3) is 2.58.